The lowest BCUT2D eigenvalue weighted by atomic mass is 10.1. The minimum atomic E-state index is -3.11. The number of carbonyl (C=O) groups excluding carboxylic acids is 2. The van der Waals surface area contributed by atoms with Crippen molar-refractivity contribution < 1.29 is 18.9 Å². The van der Waals surface area contributed by atoms with Crippen LogP contribution in [0.25, 0.3) is 0 Å². The van der Waals surface area contributed by atoms with Crippen molar-refractivity contribution in [3.05, 3.63) is 70.6 Å². The summed E-state index contributed by atoms with van der Waals surface area (Å²) in [5.41, 5.74) is 0.520. The monoisotopic (exact) mass is 303 g/mol. The molecule has 3 rings (SSSR count). The molecule has 0 aliphatic carbocycles. The van der Waals surface area contributed by atoms with E-state index in [1.54, 1.807) is 54.6 Å². The van der Waals surface area contributed by atoms with Gasteiger partial charge in [-0.25, -0.2) is 0 Å². The van der Waals surface area contributed by atoms with Crippen molar-refractivity contribution in [1.29, 1.82) is 0 Å². The Hall–Kier alpha value is -2.51. The first-order chi connectivity index (χ1) is 10.2. The minimum Gasteiger partial charge on any atom is -0.280 e. The molecular formula is C14H9NO5S. The number of carbonyl (C=O) groups is 2. The van der Waals surface area contributed by atoms with Gasteiger partial charge in [-0.1, -0.05) is 34.7 Å². The summed E-state index contributed by atoms with van der Waals surface area (Å²) in [5, 5.41) is 1.14. The van der Waals surface area contributed by atoms with Gasteiger partial charge in [0.1, 0.15) is 0 Å². The van der Waals surface area contributed by atoms with Gasteiger partial charge in [-0.3, -0.25) is 9.59 Å². The summed E-state index contributed by atoms with van der Waals surface area (Å²) in [6, 6.07) is 14.7. The third-order valence-corrected chi connectivity index (χ3v) is 5.81. The topological polar surface area (TPSA) is 82.0 Å². The highest BCUT2D eigenvalue weighted by molar-refractivity contribution is 8.53. The van der Waals surface area contributed by atoms with Crippen molar-refractivity contribution in [2.75, 3.05) is 0 Å². The first-order valence-corrected chi connectivity index (χ1v) is 7.52. The zero-order chi connectivity index (χ0) is 14.9. The highest BCUT2D eigenvalue weighted by Gasteiger charge is 2.53. The first kappa shape index (κ1) is 13.5. The van der Waals surface area contributed by atoms with E-state index in [9.17, 15) is 14.5 Å². The Kier molecular flexibility index (Phi) is 3.28. The summed E-state index contributed by atoms with van der Waals surface area (Å²) in [5.74, 6) is 0. The maximum atomic E-state index is 12.7. The lowest BCUT2D eigenvalue weighted by Crippen LogP contribution is -2.16. The maximum Gasteiger partial charge on any atom is 0.240 e. The van der Waals surface area contributed by atoms with Crippen LogP contribution in [-0.2, 0) is 9.32 Å². The van der Waals surface area contributed by atoms with E-state index in [4.69, 9.17) is 4.33 Å². The molecule has 2 aromatic rings. The number of hydrogen-bond donors (Lipinski definition) is 0. The fourth-order valence-corrected chi connectivity index (χ4v) is 4.65. The molecule has 0 bridgehead atoms. The molecule has 0 atom stereocenters. The van der Waals surface area contributed by atoms with Crippen LogP contribution in [0.15, 0.2) is 64.8 Å². The summed E-state index contributed by atoms with van der Waals surface area (Å²) in [7, 11) is -3.11. The van der Waals surface area contributed by atoms with E-state index in [0.717, 1.165) is 0 Å². The van der Waals surface area contributed by atoms with Gasteiger partial charge in [-0.15, -0.1) is 4.91 Å². The van der Waals surface area contributed by atoms with Gasteiger partial charge in [0.05, 0.1) is 10.3 Å². The zero-order valence-electron chi connectivity index (χ0n) is 10.6. The van der Waals surface area contributed by atoms with E-state index in [2.05, 4.69) is 10.3 Å². The third-order valence-electron chi connectivity index (χ3n) is 3.13. The van der Waals surface area contributed by atoms with Crippen LogP contribution in [0.4, 0.5) is 0 Å². The second kappa shape index (κ2) is 5.12. The lowest BCUT2D eigenvalue weighted by Gasteiger charge is -2.26. The van der Waals surface area contributed by atoms with Gasteiger partial charge < -0.3 is 0 Å². The standard InChI is InChI=1S/C14H9NO5S/c16-13-11-8-4-5-9-12(11)14(17)21(13,20-19-15-18)10-6-2-1-3-7-10/h1-9H. The Balaban J connectivity index is 2.21. The highest BCUT2D eigenvalue weighted by atomic mass is 32.3. The molecule has 7 heteroatoms. The van der Waals surface area contributed by atoms with Crippen molar-refractivity contribution in [2.45, 2.75) is 4.90 Å². The van der Waals surface area contributed by atoms with Crippen molar-refractivity contribution in [3.8, 4) is 0 Å². The van der Waals surface area contributed by atoms with Crippen LogP contribution in [0.3, 0.4) is 0 Å². The summed E-state index contributed by atoms with van der Waals surface area (Å²) in [4.78, 5) is 40.1. The molecule has 1 heterocycles. The Morgan fingerprint density at radius 1 is 0.810 bits per heavy atom. The second-order valence-corrected chi connectivity index (χ2v) is 6.67. The fraction of sp³-hybridized carbons (Fsp3) is 0. The van der Waals surface area contributed by atoms with Crippen LogP contribution < -0.4 is 0 Å². The van der Waals surface area contributed by atoms with E-state index in [0.29, 0.717) is 4.90 Å². The fourth-order valence-electron chi connectivity index (χ4n) is 2.22. The SMILES string of the molecule is O=NOOS1(c2ccccc2)C(=O)c2ccccc2C1=O. The summed E-state index contributed by atoms with van der Waals surface area (Å²) < 4.78 is 4.94. The van der Waals surface area contributed by atoms with Crippen LogP contribution in [0.1, 0.15) is 20.7 Å². The van der Waals surface area contributed by atoms with Gasteiger partial charge in [0.2, 0.25) is 10.2 Å². The maximum absolute atomic E-state index is 12.7. The molecule has 0 N–H and O–H groups in total. The van der Waals surface area contributed by atoms with Crippen LogP contribution in [-0.4, -0.2) is 10.2 Å². The average molecular weight is 303 g/mol. The second-order valence-electron chi connectivity index (χ2n) is 4.21. The van der Waals surface area contributed by atoms with E-state index in [1.807, 2.05) is 0 Å². The summed E-state index contributed by atoms with van der Waals surface area (Å²) in [6.45, 7) is 0. The molecule has 6 nitrogen and oxygen atoms in total. The van der Waals surface area contributed by atoms with Crippen molar-refractivity contribution >= 4 is 20.5 Å². The molecular weight excluding hydrogens is 294 g/mol. The molecule has 0 radical (unpaired) electrons. The van der Waals surface area contributed by atoms with E-state index < -0.39 is 20.5 Å². The molecule has 1 aliphatic rings. The summed E-state index contributed by atoms with van der Waals surface area (Å²) >= 11 is 0. The molecule has 106 valence electrons. The minimum absolute atomic E-state index is 0.260. The first-order valence-electron chi connectivity index (χ1n) is 5.96. The van der Waals surface area contributed by atoms with Crippen molar-refractivity contribution in [2.24, 2.45) is 5.34 Å². The molecule has 21 heavy (non-hydrogen) atoms. The van der Waals surface area contributed by atoms with Gasteiger partial charge in [-0.05, 0) is 24.3 Å². The number of nitrogens with zero attached hydrogens (tertiary/aromatic N) is 1. The lowest BCUT2D eigenvalue weighted by molar-refractivity contribution is -0.197. The molecule has 0 unspecified atom stereocenters. The van der Waals surface area contributed by atoms with Crippen LogP contribution in [0.2, 0.25) is 0 Å². The third kappa shape index (κ3) is 1.86. The Morgan fingerprint density at radius 3 is 1.86 bits per heavy atom. The highest BCUT2D eigenvalue weighted by Crippen LogP contribution is 2.65. The number of fused-ring (bicyclic) bond motifs is 1. The molecule has 0 amide bonds. The Morgan fingerprint density at radius 2 is 1.33 bits per heavy atom. The molecule has 0 spiro atoms. The smallest absolute Gasteiger partial charge is 0.240 e. The molecule has 0 saturated carbocycles. The van der Waals surface area contributed by atoms with Gasteiger partial charge in [0.25, 0.3) is 0 Å². The van der Waals surface area contributed by atoms with Gasteiger partial charge >= 0.3 is 0 Å². The Bertz CT molecular complexity index is 696. The molecule has 1 aliphatic heterocycles. The molecule has 0 aromatic heterocycles. The van der Waals surface area contributed by atoms with Crippen LogP contribution >= 0.6 is 10.3 Å². The number of hydrogen-bond acceptors (Lipinski definition) is 6. The van der Waals surface area contributed by atoms with Crippen LogP contribution in [0.5, 0.6) is 0 Å². The summed E-state index contributed by atoms with van der Waals surface area (Å²) in [6.07, 6.45) is 0. The molecule has 2 aromatic carbocycles. The van der Waals surface area contributed by atoms with Gasteiger partial charge in [0.15, 0.2) is 5.34 Å². The van der Waals surface area contributed by atoms with Crippen molar-refractivity contribution in [3.63, 3.8) is 0 Å². The normalized spacial score (nSPS) is 17.1. The predicted molar refractivity (Wildman–Crippen MR) is 75.4 cm³/mol. The molecule has 0 saturated heterocycles. The predicted octanol–water partition coefficient (Wildman–Crippen LogP) is 3.39. The quantitative estimate of drug-likeness (QED) is 0.491. The van der Waals surface area contributed by atoms with Gasteiger partial charge in [0, 0.05) is 16.0 Å². The van der Waals surface area contributed by atoms with Crippen LogP contribution in [0, 0.1) is 4.91 Å². The number of benzene rings is 2. The zero-order valence-corrected chi connectivity index (χ0v) is 11.4. The Labute approximate surface area is 121 Å². The van der Waals surface area contributed by atoms with E-state index in [1.165, 1.54) is 0 Å². The van der Waals surface area contributed by atoms with Gasteiger partial charge in [-0.2, -0.15) is 4.99 Å². The van der Waals surface area contributed by atoms with E-state index in [-0.39, 0.29) is 11.1 Å². The largest absolute Gasteiger partial charge is 0.280 e. The average Bonchev–Trinajstić information content (AvgIpc) is 2.76. The van der Waals surface area contributed by atoms with E-state index >= 15 is 0 Å². The van der Waals surface area contributed by atoms with Crippen molar-refractivity contribution in [1.82, 2.24) is 0 Å². The number of rotatable bonds is 4. The molecule has 0 fully saturated rings.